The summed E-state index contributed by atoms with van der Waals surface area (Å²) in [5.41, 5.74) is 2.72. The lowest BCUT2D eigenvalue weighted by molar-refractivity contribution is 0.0707. The highest BCUT2D eigenvalue weighted by molar-refractivity contribution is 5.94. The Balaban J connectivity index is 1.79. The SMILES string of the molecule is Cc1cc(CN(C[C@@H]2CC=CCC2)C(=O)c2ccncc2)nn1C. The van der Waals surface area contributed by atoms with Crippen molar-refractivity contribution in [2.75, 3.05) is 6.54 Å². The second kappa shape index (κ2) is 7.43. The van der Waals surface area contributed by atoms with Crippen molar-refractivity contribution in [3.8, 4) is 0 Å². The average molecular weight is 324 g/mol. The smallest absolute Gasteiger partial charge is 0.254 e. The van der Waals surface area contributed by atoms with E-state index in [1.807, 2.05) is 29.6 Å². The van der Waals surface area contributed by atoms with Crippen molar-refractivity contribution in [2.45, 2.75) is 32.7 Å². The zero-order chi connectivity index (χ0) is 16.9. The molecule has 0 fully saturated rings. The summed E-state index contributed by atoms with van der Waals surface area (Å²) >= 11 is 0. The molecule has 0 spiro atoms. The van der Waals surface area contributed by atoms with Crippen LogP contribution in [0.3, 0.4) is 0 Å². The van der Waals surface area contributed by atoms with Gasteiger partial charge >= 0.3 is 0 Å². The van der Waals surface area contributed by atoms with Crippen LogP contribution < -0.4 is 0 Å². The van der Waals surface area contributed by atoms with Crippen LogP contribution in [0.15, 0.2) is 42.7 Å². The molecule has 0 N–H and O–H groups in total. The minimum absolute atomic E-state index is 0.0512. The minimum Gasteiger partial charge on any atom is -0.332 e. The van der Waals surface area contributed by atoms with Gasteiger partial charge in [0.25, 0.3) is 5.91 Å². The maximum absolute atomic E-state index is 13.0. The Kier molecular flexibility index (Phi) is 5.08. The molecular weight excluding hydrogens is 300 g/mol. The van der Waals surface area contributed by atoms with Crippen LogP contribution >= 0.6 is 0 Å². The number of allylic oxidation sites excluding steroid dienone is 2. The van der Waals surface area contributed by atoms with E-state index < -0.39 is 0 Å². The standard InChI is InChI=1S/C19H24N4O/c1-15-12-18(21-22(15)2)14-23(13-16-6-4-3-5-7-16)19(24)17-8-10-20-11-9-17/h3-4,8-12,16H,5-7,13-14H2,1-2H3/t16-/m1/s1. The van der Waals surface area contributed by atoms with Gasteiger partial charge in [0.15, 0.2) is 0 Å². The highest BCUT2D eigenvalue weighted by Crippen LogP contribution is 2.21. The van der Waals surface area contributed by atoms with Crippen LogP contribution in [0.1, 0.15) is 41.0 Å². The summed E-state index contributed by atoms with van der Waals surface area (Å²) in [6.45, 7) is 3.33. The van der Waals surface area contributed by atoms with E-state index in [-0.39, 0.29) is 5.91 Å². The van der Waals surface area contributed by atoms with Gasteiger partial charge in [-0.3, -0.25) is 14.5 Å². The summed E-state index contributed by atoms with van der Waals surface area (Å²) in [5.74, 6) is 0.570. The topological polar surface area (TPSA) is 51.0 Å². The van der Waals surface area contributed by atoms with Gasteiger partial charge in [-0.15, -0.1) is 0 Å². The van der Waals surface area contributed by atoms with E-state index in [1.54, 1.807) is 24.5 Å². The molecule has 0 bridgehead atoms. The molecule has 0 aromatic carbocycles. The minimum atomic E-state index is 0.0512. The Hall–Kier alpha value is -2.43. The highest BCUT2D eigenvalue weighted by atomic mass is 16.2. The summed E-state index contributed by atoms with van der Waals surface area (Å²) in [6.07, 6.45) is 11.1. The molecule has 3 rings (SSSR count). The summed E-state index contributed by atoms with van der Waals surface area (Å²) in [7, 11) is 1.93. The van der Waals surface area contributed by atoms with Crippen molar-refractivity contribution in [3.05, 3.63) is 59.7 Å². The molecular formula is C19H24N4O. The number of carbonyl (C=O) groups is 1. The molecule has 2 aromatic heterocycles. The van der Waals surface area contributed by atoms with E-state index in [9.17, 15) is 4.79 Å². The van der Waals surface area contributed by atoms with Crippen LogP contribution in [0, 0.1) is 12.8 Å². The molecule has 126 valence electrons. The number of aromatic nitrogens is 3. The summed E-state index contributed by atoms with van der Waals surface area (Å²) in [5, 5.41) is 4.52. The lowest BCUT2D eigenvalue weighted by atomic mass is 9.93. The van der Waals surface area contributed by atoms with E-state index in [1.165, 1.54) is 0 Å². The van der Waals surface area contributed by atoms with Crippen molar-refractivity contribution in [1.29, 1.82) is 0 Å². The Morgan fingerprint density at radius 3 is 2.75 bits per heavy atom. The average Bonchev–Trinajstić information content (AvgIpc) is 2.93. The number of hydrogen-bond donors (Lipinski definition) is 0. The third-order valence-corrected chi connectivity index (χ3v) is 4.59. The Labute approximate surface area is 143 Å². The van der Waals surface area contributed by atoms with Gasteiger partial charge in [0.05, 0.1) is 12.2 Å². The molecule has 1 atom stereocenters. The van der Waals surface area contributed by atoms with Gasteiger partial charge in [-0.25, -0.2) is 0 Å². The lowest BCUT2D eigenvalue weighted by Crippen LogP contribution is -2.35. The molecule has 5 nitrogen and oxygen atoms in total. The third-order valence-electron chi connectivity index (χ3n) is 4.59. The summed E-state index contributed by atoms with van der Waals surface area (Å²) < 4.78 is 1.85. The maximum Gasteiger partial charge on any atom is 0.254 e. The first-order valence-electron chi connectivity index (χ1n) is 8.47. The van der Waals surface area contributed by atoms with Crippen molar-refractivity contribution < 1.29 is 4.79 Å². The van der Waals surface area contributed by atoms with E-state index in [0.29, 0.717) is 18.0 Å². The number of amides is 1. The monoisotopic (exact) mass is 324 g/mol. The molecule has 24 heavy (non-hydrogen) atoms. The maximum atomic E-state index is 13.0. The molecule has 0 aliphatic heterocycles. The second-order valence-corrected chi connectivity index (χ2v) is 6.47. The number of hydrogen-bond acceptors (Lipinski definition) is 3. The first-order chi connectivity index (χ1) is 11.6. The normalized spacial score (nSPS) is 17.0. The fourth-order valence-corrected chi connectivity index (χ4v) is 3.14. The first kappa shape index (κ1) is 16.4. The van der Waals surface area contributed by atoms with Crippen LogP contribution in [0.25, 0.3) is 0 Å². The van der Waals surface area contributed by atoms with Crippen molar-refractivity contribution >= 4 is 5.91 Å². The van der Waals surface area contributed by atoms with Gasteiger partial charge in [0, 0.05) is 37.2 Å². The molecule has 0 radical (unpaired) electrons. The van der Waals surface area contributed by atoms with Crippen LogP contribution in [0.2, 0.25) is 0 Å². The Morgan fingerprint density at radius 2 is 2.12 bits per heavy atom. The van der Waals surface area contributed by atoms with Gasteiger partial charge < -0.3 is 4.90 Å². The quantitative estimate of drug-likeness (QED) is 0.794. The largest absolute Gasteiger partial charge is 0.332 e. The fraction of sp³-hybridized carbons (Fsp3) is 0.421. The molecule has 1 aliphatic carbocycles. The summed E-state index contributed by atoms with van der Waals surface area (Å²) in [6, 6.07) is 5.60. The van der Waals surface area contributed by atoms with E-state index >= 15 is 0 Å². The van der Waals surface area contributed by atoms with Crippen molar-refractivity contribution in [2.24, 2.45) is 13.0 Å². The van der Waals surface area contributed by atoms with Crippen molar-refractivity contribution in [3.63, 3.8) is 0 Å². The molecule has 1 amide bonds. The van der Waals surface area contributed by atoms with Crippen molar-refractivity contribution in [1.82, 2.24) is 19.7 Å². The van der Waals surface area contributed by atoms with E-state index in [4.69, 9.17) is 0 Å². The number of pyridine rings is 1. The molecule has 0 unspecified atom stereocenters. The predicted molar refractivity (Wildman–Crippen MR) is 93.4 cm³/mol. The third kappa shape index (κ3) is 3.91. The van der Waals surface area contributed by atoms with Crippen LogP contribution in [-0.4, -0.2) is 32.1 Å². The van der Waals surface area contributed by atoms with Gasteiger partial charge in [0.2, 0.25) is 0 Å². The fourth-order valence-electron chi connectivity index (χ4n) is 3.14. The first-order valence-corrected chi connectivity index (χ1v) is 8.47. The number of rotatable bonds is 5. The lowest BCUT2D eigenvalue weighted by Gasteiger charge is -2.28. The van der Waals surface area contributed by atoms with Gasteiger partial charge in [0.1, 0.15) is 0 Å². The number of aryl methyl sites for hydroxylation is 2. The predicted octanol–water partition coefficient (Wildman–Crippen LogP) is 3.12. The zero-order valence-electron chi connectivity index (χ0n) is 14.4. The van der Waals surface area contributed by atoms with Crippen LogP contribution in [0.4, 0.5) is 0 Å². The highest BCUT2D eigenvalue weighted by Gasteiger charge is 2.22. The molecule has 2 aromatic rings. The molecule has 2 heterocycles. The second-order valence-electron chi connectivity index (χ2n) is 6.47. The molecule has 0 saturated carbocycles. The van der Waals surface area contributed by atoms with E-state index in [2.05, 4.69) is 22.2 Å². The van der Waals surface area contributed by atoms with Crippen LogP contribution in [-0.2, 0) is 13.6 Å². The number of nitrogens with zero attached hydrogens (tertiary/aromatic N) is 4. The molecule has 1 aliphatic rings. The van der Waals surface area contributed by atoms with E-state index in [0.717, 1.165) is 37.2 Å². The molecule has 0 saturated heterocycles. The number of carbonyl (C=O) groups excluding carboxylic acids is 1. The summed E-state index contributed by atoms with van der Waals surface area (Å²) in [4.78, 5) is 18.9. The van der Waals surface area contributed by atoms with Gasteiger partial charge in [-0.2, -0.15) is 5.10 Å². The zero-order valence-corrected chi connectivity index (χ0v) is 14.4. The van der Waals surface area contributed by atoms with Crippen LogP contribution in [0.5, 0.6) is 0 Å². The van der Waals surface area contributed by atoms with Gasteiger partial charge in [-0.05, 0) is 50.3 Å². The Morgan fingerprint density at radius 1 is 1.33 bits per heavy atom. The molecule has 5 heteroatoms. The van der Waals surface area contributed by atoms with Gasteiger partial charge in [-0.1, -0.05) is 12.2 Å². The Bertz CT molecular complexity index is 701.